The maximum atomic E-state index is 13.2. The Morgan fingerprint density at radius 3 is 2.38 bits per heavy atom. The van der Waals surface area contributed by atoms with Crippen LogP contribution >= 0.6 is 34.7 Å². The molecule has 1 aromatic heterocycles. The molecule has 5 rings (SSSR count). The van der Waals surface area contributed by atoms with E-state index in [2.05, 4.69) is 5.32 Å². The van der Waals surface area contributed by atoms with Gasteiger partial charge in [-0.05, 0) is 35.9 Å². The number of nitrogens with one attached hydrogen (secondary N) is 1. The van der Waals surface area contributed by atoms with E-state index in [1.807, 2.05) is 0 Å². The maximum absolute atomic E-state index is 13.2. The van der Waals surface area contributed by atoms with Gasteiger partial charge in [0, 0.05) is 21.5 Å². The number of primary amides is 1. The molecule has 9 nitrogen and oxygen atoms in total. The van der Waals surface area contributed by atoms with Gasteiger partial charge >= 0.3 is 17.1 Å². The van der Waals surface area contributed by atoms with Gasteiger partial charge in [0.15, 0.2) is 0 Å². The number of thioether (sulfide) groups is 1. The van der Waals surface area contributed by atoms with Gasteiger partial charge in [-0.1, -0.05) is 52.9 Å². The van der Waals surface area contributed by atoms with Gasteiger partial charge in [-0.15, -0.1) is 0 Å². The largest absolute Gasteiger partial charge is 0.416 e. The second-order valence-electron chi connectivity index (χ2n) is 8.69. The fraction of sp³-hybridized carbons (Fsp3) is 0.208. The standard InChI is InChI=1S/C24H16ClF3N4O5S2/c25-12-6-4-10(5-7-12)15-16-17(20(35)32(19(16)34)22(29)36)38-21-18(15)39-23(37)31(21)9-14(33)30-13-3-1-2-11(8-13)24(26,27)28/h1-8,15-17H,9H2,(H2,29,36)(H,30,33)/t15-,16?,17?/m0/s1. The molecular formula is C24H16ClF3N4O5S2. The molecule has 3 heterocycles. The highest BCUT2D eigenvalue weighted by atomic mass is 35.5. The summed E-state index contributed by atoms with van der Waals surface area (Å²) in [4.78, 5) is 64.1. The molecule has 1 saturated heterocycles. The number of likely N-dealkylation sites (tertiary alicyclic amines) is 1. The lowest BCUT2D eigenvalue weighted by Gasteiger charge is -2.30. The summed E-state index contributed by atoms with van der Waals surface area (Å²) in [6.07, 6.45) is -4.61. The van der Waals surface area contributed by atoms with Crippen LogP contribution in [0.4, 0.5) is 23.7 Å². The first-order valence-corrected chi connectivity index (χ1v) is 13.2. The Labute approximate surface area is 230 Å². The summed E-state index contributed by atoms with van der Waals surface area (Å²) in [5, 5.41) is 1.89. The topological polar surface area (TPSA) is 132 Å². The summed E-state index contributed by atoms with van der Waals surface area (Å²) in [5.41, 5.74) is 4.76. The van der Waals surface area contributed by atoms with Gasteiger partial charge in [-0.3, -0.25) is 23.7 Å². The monoisotopic (exact) mass is 596 g/mol. The number of rotatable bonds is 4. The van der Waals surface area contributed by atoms with Crippen LogP contribution in [0, 0.1) is 5.92 Å². The number of fused-ring (bicyclic) bond motifs is 2. The molecule has 0 saturated carbocycles. The molecule has 2 aromatic carbocycles. The Kier molecular flexibility index (Phi) is 6.81. The number of thiazole rings is 1. The Bertz CT molecular complexity index is 1590. The van der Waals surface area contributed by atoms with E-state index in [0.717, 1.165) is 45.9 Å². The molecule has 3 atom stereocenters. The summed E-state index contributed by atoms with van der Waals surface area (Å²) in [5.74, 6) is -4.30. The van der Waals surface area contributed by atoms with Crippen molar-refractivity contribution in [1.82, 2.24) is 9.47 Å². The minimum absolute atomic E-state index is 0.118. The number of aromatic nitrogens is 1. The smallest absolute Gasteiger partial charge is 0.351 e. The number of carbonyl (C=O) groups excluding carboxylic acids is 4. The van der Waals surface area contributed by atoms with Crippen LogP contribution in [0.1, 0.15) is 21.9 Å². The number of urea groups is 1. The van der Waals surface area contributed by atoms with Gasteiger partial charge in [0.25, 0.3) is 5.91 Å². The molecule has 3 N–H and O–H groups in total. The molecule has 0 bridgehead atoms. The highest BCUT2D eigenvalue weighted by Gasteiger charge is 2.57. The number of carbonyl (C=O) groups is 4. The Hall–Kier alpha value is -3.62. The zero-order valence-electron chi connectivity index (χ0n) is 19.4. The van der Waals surface area contributed by atoms with Crippen molar-refractivity contribution < 1.29 is 32.3 Å². The van der Waals surface area contributed by atoms with Crippen molar-refractivity contribution in [2.45, 2.75) is 28.9 Å². The van der Waals surface area contributed by atoms with Crippen LogP contribution in [0.15, 0.2) is 58.4 Å². The summed E-state index contributed by atoms with van der Waals surface area (Å²) in [6, 6.07) is 9.21. The van der Waals surface area contributed by atoms with Crippen LogP contribution in [0.3, 0.4) is 0 Å². The number of hydrogen-bond donors (Lipinski definition) is 2. The van der Waals surface area contributed by atoms with Gasteiger partial charge in [-0.25, -0.2) is 4.79 Å². The van der Waals surface area contributed by atoms with Gasteiger partial charge in [0.05, 0.1) is 16.5 Å². The normalized spacial score (nSPS) is 20.5. The Morgan fingerprint density at radius 2 is 1.74 bits per heavy atom. The van der Waals surface area contributed by atoms with Crippen molar-refractivity contribution in [2.24, 2.45) is 11.7 Å². The fourth-order valence-electron chi connectivity index (χ4n) is 4.62. The molecule has 15 heteroatoms. The second kappa shape index (κ2) is 9.84. The number of amides is 5. The lowest BCUT2D eigenvalue weighted by Crippen LogP contribution is -2.41. The van der Waals surface area contributed by atoms with Gasteiger partial charge in [-0.2, -0.15) is 18.1 Å². The molecule has 0 radical (unpaired) electrons. The lowest BCUT2D eigenvalue weighted by molar-refractivity contribution is -0.138. The van der Waals surface area contributed by atoms with Crippen molar-refractivity contribution in [3.8, 4) is 0 Å². The van der Waals surface area contributed by atoms with Gasteiger partial charge in [0.1, 0.15) is 11.8 Å². The number of anilines is 1. The molecule has 1 fully saturated rings. The first-order chi connectivity index (χ1) is 18.4. The Balaban J connectivity index is 1.52. The number of alkyl halides is 3. The highest BCUT2D eigenvalue weighted by Crippen LogP contribution is 2.53. The van der Waals surface area contributed by atoms with Crippen molar-refractivity contribution >= 4 is 64.1 Å². The second-order valence-corrected chi connectivity index (χ2v) is 11.3. The number of hydrogen-bond acceptors (Lipinski definition) is 7. The quantitative estimate of drug-likeness (QED) is 0.439. The molecule has 5 amide bonds. The molecule has 2 unspecified atom stereocenters. The van der Waals surface area contributed by atoms with Crippen LogP contribution in [0.2, 0.25) is 5.02 Å². The van der Waals surface area contributed by atoms with E-state index in [1.54, 1.807) is 24.3 Å². The number of halogens is 4. The molecule has 0 aliphatic carbocycles. The highest BCUT2D eigenvalue weighted by molar-refractivity contribution is 8.00. The summed E-state index contributed by atoms with van der Waals surface area (Å²) in [6.45, 7) is -0.569. The zero-order valence-corrected chi connectivity index (χ0v) is 21.8. The van der Waals surface area contributed by atoms with E-state index < -0.39 is 64.0 Å². The summed E-state index contributed by atoms with van der Waals surface area (Å²) in [7, 11) is 0. The third-order valence-electron chi connectivity index (χ3n) is 6.27. The van der Waals surface area contributed by atoms with Crippen LogP contribution in [-0.4, -0.2) is 38.5 Å². The van der Waals surface area contributed by atoms with Crippen molar-refractivity contribution in [3.63, 3.8) is 0 Å². The fourth-order valence-corrected chi connectivity index (χ4v) is 7.52. The first-order valence-electron chi connectivity index (χ1n) is 11.2. The molecule has 39 heavy (non-hydrogen) atoms. The molecule has 0 spiro atoms. The SMILES string of the molecule is NC(=O)N1C(=O)C2Sc3c(sc(=O)n3CC(=O)Nc3cccc(C(F)(F)F)c3)[C@@H](c3ccc(Cl)cc3)C2C1=O. The van der Waals surface area contributed by atoms with Gasteiger partial charge < -0.3 is 11.1 Å². The lowest BCUT2D eigenvalue weighted by atomic mass is 9.83. The van der Waals surface area contributed by atoms with Gasteiger partial charge in [0.2, 0.25) is 11.8 Å². The van der Waals surface area contributed by atoms with Crippen LogP contribution in [0.25, 0.3) is 0 Å². The van der Waals surface area contributed by atoms with Crippen molar-refractivity contribution in [3.05, 3.63) is 79.2 Å². The number of imide groups is 3. The third kappa shape index (κ3) is 4.83. The number of nitrogens with zero attached hydrogens (tertiary/aromatic N) is 2. The number of nitrogens with two attached hydrogens (primary N) is 1. The number of benzene rings is 2. The van der Waals surface area contributed by atoms with Crippen molar-refractivity contribution in [2.75, 3.05) is 5.32 Å². The average molecular weight is 597 g/mol. The van der Waals surface area contributed by atoms with E-state index in [-0.39, 0.29) is 10.7 Å². The average Bonchev–Trinajstić information content (AvgIpc) is 3.30. The summed E-state index contributed by atoms with van der Waals surface area (Å²) < 4.78 is 40.2. The van der Waals surface area contributed by atoms with Crippen molar-refractivity contribution in [1.29, 1.82) is 0 Å². The van der Waals surface area contributed by atoms with Crippen LogP contribution in [-0.2, 0) is 27.1 Å². The Morgan fingerprint density at radius 1 is 1.05 bits per heavy atom. The molecule has 202 valence electrons. The molecule has 2 aliphatic rings. The predicted molar refractivity (Wildman–Crippen MR) is 137 cm³/mol. The minimum atomic E-state index is -4.61. The minimum Gasteiger partial charge on any atom is -0.351 e. The van der Waals surface area contributed by atoms with E-state index >= 15 is 0 Å². The van der Waals surface area contributed by atoms with Crippen LogP contribution < -0.4 is 15.9 Å². The summed E-state index contributed by atoms with van der Waals surface area (Å²) >= 11 is 7.64. The third-order valence-corrected chi connectivity index (χ3v) is 9.13. The van der Waals surface area contributed by atoms with E-state index in [1.165, 1.54) is 6.07 Å². The molecule has 2 aliphatic heterocycles. The maximum Gasteiger partial charge on any atom is 0.416 e. The van der Waals surface area contributed by atoms with E-state index in [0.29, 0.717) is 20.4 Å². The molecule has 3 aromatic rings. The first kappa shape index (κ1) is 27.0. The zero-order chi connectivity index (χ0) is 28.2. The van der Waals surface area contributed by atoms with E-state index in [9.17, 15) is 37.1 Å². The molecular weight excluding hydrogens is 581 g/mol. The van der Waals surface area contributed by atoms with Crippen LogP contribution in [0.5, 0.6) is 0 Å². The predicted octanol–water partition coefficient (Wildman–Crippen LogP) is 3.89. The van der Waals surface area contributed by atoms with E-state index in [4.69, 9.17) is 17.3 Å².